The number of rotatable bonds is 6. The smallest absolute Gasteiger partial charge is 0.266 e. The van der Waals surface area contributed by atoms with Crippen LogP contribution in [0.5, 0.6) is 5.75 Å². The number of halogens is 1. The normalized spacial score (nSPS) is 11.2. The van der Waals surface area contributed by atoms with Crippen LogP contribution >= 0.6 is 11.6 Å². The monoisotopic (exact) mass is 480 g/mol. The molecule has 4 rings (SSSR count). The largest absolute Gasteiger partial charge is 0.488 e. The zero-order valence-corrected chi connectivity index (χ0v) is 20.6. The number of amides is 1. The van der Waals surface area contributed by atoms with Crippen molar-refractivity contribution >= 4 is 40.0 Å². The van der Waals surface area contributed by atoms with E-state index in [1.807, 2.05) is 50.2 Å². The molecule has 0 saturated heterocycles. The Kier molecular flexibility index (Phi) is 7.19. The van der Waals surface area contributed by atoms with E-state index in [2.05, 4.69) is 36.5 Å². The highest BCUT2D eigenvalue weighted by atomic mass is 35.5. The summed E-state index contributed by atoms with van der Waals surface area (Å²) in [5.74, 6) is 0.0473. The van der Waals surface area contributed by atoms with E-state index < -0.39 is 5.91 Å². The Hall–Kier alpha value is -4.07. The summed E-state index contributed by atoms with van der Waals surface area (Å²) in [4.78, 5) is 12.9. The maximum absolute atomic E-state index is 12.9. The minimum atomic E-state index is -0.489. The molecule has 0 aliphatic heterocycles. The van der Waals surface area contributed by atoms with Gasteiger partial charge in [0.2, 0.25) is 0 Å². The third kappa shape index (κ3) is 5.37. The van der Waals surface area contributed by atoms with Crippen molar-refractivity contribution in [2.75, 3.05) is 5.32 Å². The standard InChI is InChI=1S/C30H25ClN2O2/c1-19-7-6-10-28(21(19)3)33-30(34)24(17-32)15-23-16-25(31)13-14-29(23)35-18-27-20(2)11-12-22-8-4-5-9-26(22)27/h4-16H,18H2,1-3H3,(H,33,34)/b24-15+. The fourth-order valence-electron chi connectivity index (χ4n) is 3.93. The first-order valence-corrected chi connectivity index (χ1v) is 11.6. The summed E-state index contributed by atoms with van der Waals surface area (Å²) < 4.78 is 6.20. The first kappa shape index (κ1) is 24.1. The molecule has 4 aromatic rings. The number of anilines is 1. The Morgan fingerprint density at radius 3 is 2.60 bits per heavy atom. The van der Waals surface area contributed by atoms with E-state index in [0.29, 0.717) is 28.6 Å². The van der Waals surface area contributed by atoms with Crippen molar-refractivity contribution in [2.24, 2.45) is 0 Å². The van der Waals surface area contributed by atoms with Crippen LogP contribution in [0.1, 0.15) is 27.8 Å². The molecule has 0 aliphatic rings. The molecule has 0 aliphatic carbocycles. The molecule has 0 radical (unpaired) electrons. The number of nitrogens with one attached hydrogen (secondary N) is 1. The van der Waals surface area contributed by atoms with Crippen LogP contribution in [0.15, 0.2) is 78.4 Å². The molecule has 1 amide bonds. The van der Waals surface area contributed by atoms with Crippen molar-refractivity contribution < 1.29 is 9.53 Å². The molecule has 4 aromatic carbocycles. The van der Waals surface area contributed by atoms with Crippen LogP contribution in [0.3, 0.4) is 0 Å². The van der Waals surface area contributed by atoms with Crippen LogP contribution in [0.25, 0.3) is 16.8 Å². The van der Waals surface area contributed by atoms with E-state index in [0.717, 1.165) is 33.0 Å². The molecular formula is C30H25ClN2O2. The van der Waals surface area contributed by atoms with Gasteiger partial charge < -0.3 is 10.1 Å². The van der Waals surface area contributed by atoms with Gasteiger partial charge in [0.1, 0.15) is 24.0 Å². The third-order valence-electron chi connectivity index (χ3n) is 6.14. The average molecular weight is 481 g/mol. The van der Waals surface area contributed by atoms with Gasteiger partial charge in [-0.05, 0) is 78.6 Å². The SMILES string of the molecule is Cc1cccc(NC(=O)/C(C#N)=C/c2cc(Cl)ccc2OCc2c(C)ccc3ccccc23)c1C. The van der Waals surface area contributed by atoms with Crippen LogP contribution < -0.4 is 10.1 Å². The number of benzene rings is 4. The van der Waals surface area contributed by atoms with Crippen LogP contribution in [-0.4, -0.2) is 5.91 Å². The summed E-state index contributed by atoms with van der Waals surface area (Å²) in [6.45, 7) is 6.30. The van der Waals surface area contributed by atoms with Gasteiger partial charge in [-0.25, -0.2) is 0 Å². The molecule has 0 bridgehead atoms. The number of hydrogen-bond donors (Lipinski definition) is 1. The van der Waals surface area contributed by atoms with Gasteiger partial charge in [-0.3, -0.25) is 4.79 Å². The van der Waals surface area contributed by atoms with E-state index in [4.69, 9.17) is 16.3 Å². The maximum Gasteiger partial charge on any atom is 0.266 e. The highest BCUT2D eigenvalue weighted by molar-refractivity contribution is 6.30. The summed E-state index contributed by atoms with van der Waals surface area (Å²) in [5.41, 5.74) is 5.41. The lowest BCUT2D eigenvalue weighted by atomic mass is 10.0. The quantitative estimate of drug-likeness (QED) is 0.229. The Balaban J connectivity index is 1.63. The average Bonchev–Trinajstić information content (AvgIpc) is 2.85. The second-order valence-electron chi connectivity index (χ2n) is 8.42. The van der Waals surface area contributed by atoms with Gasteiger partial charge >= 0.3 is 0 Å². The first-order chi connectivity index (χ1) is 16.9. The molecule has 0 unspecified atom stereocenters. The van der Waals surface area contributed by atoms with Crippen LogP contribution in [-0.2, 0) is 11.4 Å². The van der Waals surface area contributed by atoms with E-state index in [1.54, 1.807) is 18.2 Å². The number of aryl methyl sites for hydroxylation is 2. The van der Waals surface area contributed by atoms with Gasteiger partial charge in [-0.1, -0.05) is 60.1 Å². The molecule has 4 nitrogen and oxygen atoms in total. The number of carbonyl (C=O) groups excluding carboxylic acids is 1. The Labute approximate surface area is 210 Å². The fraction of sp³-hybridized carbons (Fsp3) is 0.133. The molecule has 0 fully saturated rings. The van der Waals surface area contributed by atoms with Crippen molar-refractivity contribution in [1.82, 2.24) is 0 Å². The van der Waals surface area contributed by atoms with Crippen molar-refractivity contribution in [3.8, 4) is 11.8 Å². The van der Waals surface area contributed by atoms with Crippen molar-refractivity contribution in [2.45, 2.75) is 27.4 Å². The van der Waals surface area contributed by atoms with Gasteiger partial charge in [0.25, 0.3) is 5.91 Å². The summed E-state index contributed by atoms with van der Waals surface area (Å²) >= 11 is 6.24. The van der Waals surface area contributed by atoms with Crippen LogP contribution in [0.4, 0.5) is 5.69 Å². The highest BCUT2D eigenvalue weighted by Crippen LogP contribution is 2.29. The minimum Gasteiger partial charge on any atom is -0.488 e. The van der Waals surface area contributed by atoms with Crippen molar-refractivity contribution in [3.05, 3.63) is 111 Å². The maximum atomic E-state index is 12.9. The number of ether oxygens (including phenoxy) is 1. The molecule has 0 spiro atoms. The molecule has 5 heteroatoms. The summed E-state index contributed by atoms with van der Waals surface area (Å²) in [5, 5.41) is 15.3. The number of hydrogen-bond acceptors (Lipinski definition) is 3. The van der Waals surface area contributed by atoms with Crippen LogP contribution in [0.2, 0.25) is 5.02 Å². The lowest BCUT2D eigenvalue weighted by Gasteiger charge is -2.14. The summed E-state index contributed by atoms with van der Waals surface area (Å²) in [6.07, 6.45) is 1.51. The number of nitriles is 1. The zero-order valence-electron chi connectivity index (χ0n) is 19.9. The topological polar surface area (TPSA) is 62.1 Å². The molecule has 174 valence electrons. The van der Waals surface area contributed by atoms with E-state index in [1.165, 1.54) is 6.08 Å². The lowest BCUT2D eigenvalue weighted by molar-refractivity contribution is -0.112. The molecule has 1 N–H and O–H groups in total. The van der Waals surface area contributed by atoms with Gasteiger partial charge in [-0.15, -0.1) is 0 Å². The molecular weight excluding hydrogens is 456 g/mol. The summed E-state index contributed by atoms with van der Waals surface area (Å²) in [6, 6.07) is 25.2. The molecule has 0 heterocycles. The van der Waals surface area contributed by atoms with Crippen molar-refractivity contribution in [3.63, 3.8) is 0 Å². The van der Waals surface area contributed by atoms with Crippen LogP contribution in [0, 0.1) is 32.1 Å². The molecule has 0 saturated carbocycles. The highest BCUT2D eigenvalue weighted by Gasteiger charge is 2.14. The molecule has 35 heavy (non-hydrogen) atoms. The second kappa shape index (κ2) is 10.5. The van der Waals surface area contributed by atoms with E-state index in [-0.39, 0.29) is 5.57 Å². The van der Waals surface area contributed by atoms with Gasteiger partial charge in [-0.2, -0.15) is 5.26 Å². The molecule has 0 atom stereocenters. The van der Waals surface area contributed by atoms with E-state index in [9.17, 15) is 10.1 Å². The summed E-state index contributed by atoms with van der Waals surface area (Å²) in [7, 11) is 0. The third-order valence-corrected chi connectivity index (χ3v) is 6.37. The van der Waals surface area contributed by atoms with Crippen molar-refractivity contribution in [1.29, 1.82) is 5.26 Å². The number of carbonyl (C=O) groups is 1. The minimum absolute atomic E-state index is 0.0423. The Morgan fingerprint density at radius 1 is 1.00 bits per heavy atom. The fourth-order valence-corrected chi connectivity index (χ4v) is 4.11. The van der Waals surface area contributed by atoms with Gasteiger partial charge in [0.15, 0.2) is 0 Å². The Morgan fingerprint density at radius 2 is 1.80 bits per heavy atom. The Bertz CT molecular complexity index is 1500. The zero-order chi connectivity index (χ0) is 24.9. The van der Waals surface area contributed by atoms with Gasteiger partial charge in [0, 0.05) is 21.8 Å². The first-order valence-electron chi connectivity index (χ1n) is 11.3. The number of fused-ring (bicyclic) bond motifs is 1. The second-order valence-corrected chi connectivity index (χ2v) is 8.86. The lowest BCUT2D eigenvalue weighted by Crippen LogP contribution is -2.14. The van der Waals surface area contributed by atoms with E-state index >= 15 is 0 Å². The molecule has 0 aromatic heterocycles. The predicted molar refractivity (Wildman–Crippen MR) is 143 cm³/mol. The predicted octanol–water partition coefficient (Wildman–Crippen LogP) is 7.54. The van der Waals surface area contributed by atoms with Gasteiger partial charge in [0.05, 0.1) is 0 Å². The number of nitrogens with zero attached hydrogens (tertiary/aromatic N) is 1.